The van der Waals surface area contributed by atoms with Gasteiger partial charge in [0.1, 0.15) is 11.5 Å². The van der Waals surface area contributed by atoms with Gasteiger partial charge in [0.05, 0.1) is 14.2 Å². The van der Waals surface area contributed by atoms with Crippen LogP contribution in [0.15, 0.2) is 98.1 Å². The van der Waals surface area contributed by atoms with Crippen molar-refractivity contribution in [2.45, 2.75) is 39.3 Å². The van der Waals surface area contributed by atoms with Crippen molar-refractivity contribution in [3.05, 3.63) is 143 Å². The van der Waals surface area contributed by atoms with Crippen LogP contribution in [0, 0.1) is 0 Å². The summed E-state index contributed by atoms with van der Waals surface area (Å²) in [4.78, 5) is 4.99. The lowest BCUT2D eigenvalue weighted by atomic mass is 10.0. The fourth-order valence-corrected chi connectivity index (χ4v) is 5.60. The first-order valence-electron chi connectivity index (χ1n) is 13.8. The first-order chi connectivity index (χ1) is 19.6. The molecule has 0 radical (unpaired) electrons. The molecule has 0 saturated carbocycles. The van der Waals surface area contributed by atoms with Crippen LogP contribution in [0.4, 0.5) is 0 Å². The molecule has 0 N–H and O–H groups in total. The van der Waals surface area contributed by atoms with Crippen LogP contribution in [0.3, 0.4) is 0 Å². The van der Waals surface area contributed by atoms with E-state index in [0.717, 1.165) is 61.9 Å². The Balaban J connectivity index is 1.47. The molecule has 0 aliphatic carbocycles. The van der Waals surface area contributed by atoms with E-state index in [2.05, 4.69) is 83.6 Å². The Hall–Kier alpha value is -4.12. The Morgan fingerprint density at radius 2 is 0.950 bits per heavy atom. The number of nitrogens with zero attached hydrogens (tertiary/aromatic N) is 2. The molecule has 0 spiro atoms. The summed E-state index contributed by atoms with van der Waals surface area (Å²) >= 11 is 0. The fraction of sp³-hybridized carbons (Fsp3) is 0.222. The zero-order chi connectivity index (χ0) is 27.9. The second-order valence-corrected chi connectivity index (χ2v) is 10.5. The molecule has 204 valence electrons. The van der Waals surface area contributed by atoms with Crippen LogP contribution in [-0.4, -0.2) is 24.0 Å². The smallest absolute Gasteiger partial charge is 0.123 e. The van der Waals surface area contributed by atoms with Gasteiger partial charge >= 0.3 is 0 Å². The lowest BCUT2D eigenvalue weighted by Crippen LogP contribution is -2.25. The van der Waals surface area contributed by atoms with Gasteiger partial charge in [-0.15, -0.1) is 0 Å². The van der Waals surface area contributed by atoms with Crippen molar-refractivity contribution in [3.63, 3.8) is 0 Å². The minimum atomic E-state index is 0.783. The summed E-state index contributed by atoms with van der Waals surface area (Å²) in [7, 11) is 3.48. The van der Waals surface area contributed by atoms with E-state index in [1.807, 2.05) is 36.4 Å². The maximum absolute atomic E-state index is 5.72. The van der Waals surface area contributed by atoms with Crippen LogP contribution in [0.5, 0.6) is 11.5 Å². The summed E-state index contributed by atoms with van der Waals surface area (Å²) in [5, 5.41) is 0. The van der Waals surface area contributed by atoms with Crippen molar-refractivity contribution in [2.75, 3.05) is 14.2 Å². The van der Waals surface area contributed by atoms with Gasteiger partial charge in [-0.05, 0) is 57.6 Å². The highest BCUT2D eigenvalue weighted by Gasteiger charge is 2.17. The molecule has 4 aromatic carbocycles. The highest BCUT2D eigenvalue weighted by Crippen LogP contribution is 2.27. The van der Waals surface area contributed by atoms with Crippen LogP contribution >= 0.6 is 0 Å². The van der Waals surface area contributed by atoms with Crippen molar-refractivity contribution in [1.82, 2.24) is 9.80 Å². The monoisotopic (exact) mass is 530 g/mol. The first kappa shape index (κ1) is 27.4. The van der Waals surface area contributed by atoms with Crippen molar-refractivity contribution in [2.24, 2.45) is 0 Å². The number of rotatable bonds is 8. The average molecular weight is 531 g/mol. The van der Waals surface area contributed by atoms with Crippen molar-refractivity contribution < 1.29 is 9.47 Å². The summed E-state index contributed by atoms with van der Waals surface area (Å²) in [5.41, 5.74) is 9.76. The van der Waals surface area contributed by atoms with Crippen molar-refractivity contribution >= 4 is 12.2 Å². The van der Waals surface area contributed by atoms with Gasteiger partial charge in [-0.3, -0.25) is 9.80 Å². The molecule has 1 heterocycles. The van der Waals surface area contributed by atoms with Crippen LogP contribution in [-0.2, 0) is 39.3 Å². The van der Waals surface area contributed by atoms with Gasteiger partial charge in [0, 0.05) is 50.4 Å². The molecule has 40 heavy (non-hydrogen) atoms. The molecule has 4 bridgehead atoms. The number of ether oxygens (including phenoxy) is 2. The maximum atomic E-state index is 5.72. The van der Waals surface area contributed by atoms with Gasteiger partial charge in [-0.2, -0.15) is 0 Å². The molecule has 5 rings (SSSR count). The SMILES string of the molecule is C=Cc1ccc(OC)c(CN2Cc3cccc(c3)CN(Cc3cc(C=C)ccc3OC)Cc3cccc(c3)C2)c1. The Kier molecular flexibility index (Phi) is 8.80. The minimum Gasteiger partial charge on any atom is -0.496 e. The Morgan fingerprint density at radius 3 is 1.27 bits per heavy atom. The molecule has 0 unspecified atom stereocenters. The minimum absolute atomic E-state index is 0.783. The van der Waals surface area contributed by atoms with Crippen molar-refractivity contribution in [1.29, 1.82) is 0 Å². The lowest BCUT2D eigenvalue weighted by Gasteiger charge is -2.27. The van der Waals surface area contributed by atoms with Crippen molar-refractivity contribution in [3.8, 4) is 11.5 Å². The predicted molar refractivity (Wildman–Crippen MR) is 165 cm³/mol. The highest BCUT2D eigenvalue weighted by molar-refractivity contribution is 5.52. The van der Waals surface area contributed by atoms with E-state index in [9.17, 15) is 0 Å². The molecule has 0 fully saturated rings. The van der Waals surface area contributed by atoms with Crippen LogP contribution in [0.25, 0.3) is 12.2 Å². The van der Waals surface area contributed by atoms with Crippen LogP contribution in [0.2, 0.25) is 0 Å². The maximum Gasteiger partial charge on any atom is 0.123 e. The third-order valence-corrected chi connectivity index (χ3v) is 7.48. The van der Waals surface area contributed by atoms with Gasteiger partial charge in [-0.25, -0.2) is 0 Å². The van der Waals surface area contributed by atoms with E-state index in [4.69, 9.17) is 9.47 Å². The van der Waals surface area contributed by atoms with E-state index in [1.54, 1.807) is 14.2 Å². The second-order valence-electron chi connectivity index (χ2n) is 10.5. The zero-order valence-electron chi connectivity index (χ0n) is 23.6. The van der Waals surface area contributed by atoms with Gasteiger partial charge in [0.25, 0.3) is 0 Å². The summed E-state index contributed by atoms with van der Waals surface area (Å²) in [6, 6.07) is 30.5. The van der Waals surface area contributed by atoms with Crippen LogP contribution < -0.4 is 9.47 Å². The molecular formula is C36H38N2O2. The lowest BCUT2D eigenvalue weighted by molar-refractivity contribution is 0.235. The average Bonchev–Trinajstić information content (AvgIpc) is 2.97. The van der Waals surface area contributed by atoms with E-state index in [-0.39, 0.29) is 0 Å². The van der Waals surface area contributed by atoms with E-state index < -0.39 is 0 Å². The predicted octanol–water partition coefficient (Wildman–Crippen LogP) is 7.71. The second kappa shape index (κ2) is 12.8. The Bertz CT molecular complexity index is 1340. The molecule has 4 heteroatoms. The topological polar surface area (TPSA) is 24.9 Å². The molecule has 1 aliphatic rings. The van der Waals surface area contributed by atoms with E-state index in [0.29, 0.717) is 0 Å². The molecular weight excluding hydrogens is 492 g/mol. The molecule has 1 aliphatic heterocycles. The highest BCUT2D eigenvalue weighted by atomic mass is 16.5. The number of methoxy groups -OCH3 is 2. The zero-order valence-corrected chi connectivity index (χ0v) is 23.6. The molecule has 0 amide bonds. The van der Waals surface area contributed by atoms with Gasteiger partial charge in [0.15, 0.2) is 0 Å². The van der Waals surface area contributed by atoms with E-state index in [1.165, 1.54) is 33.4 Å². The largest absolute Gasteiger partial charge is 0.496 e. The molecule has 0 aromatic heterocycles. The number of hydrogen-bond donors (Lipinski definition) is 0. The quantitative estimate of drug-likeness (QED) is 0.233. The third kappa shape index (κ3) is 6.71. The fourth-order valence-electron chi connectivity index (χ4n) is 5.60. The Morgan fingerprint density at radius 1 is 0.575 bits per heavy atom. The molecule has 0 saturated heterocycles. The molecule has 4 aromatic rings. The van der Waals surface area contributed by atoms with E-state index >= 15 is 0 Å². The number of hydrogen-bond acceptors (Lipinski definition) is 4. The summed E-state index contributed by atoms with van der Waals surface area (Å²) in [6.45, 7) is 12.8. The normalized spacial score (nSPS) is 14.1. The standard InChI is InChI=1S/C36H38N2O2/c1-5-27-13-15-35(39-3)33(19-27)25-37-21-29-9-7-11-31(17-29)23-38(24-32-12-8-10-30(18-32)22-37)26-34-20-28(6-2)14-16-36(34)40-4/h5-20H,1-2,21-26H2,3-4H3. The number of fused-ring (bicyclic) bond motifs is 4. The van der Waals surface area contributed by atoms with Gasteiger partial charge in [0.2, 0.25) is 0 Å². The van der Waals surface area contributed by atoms with Gasteiger partial charge in [-0.1, -0.05) is 86.0 Å². The summed E-state index contributed by atoms with van der Waals surface area (Å²) in [6.07, 6.45) is 3.78. The first-order valence-corrected chi connectivity index (χ1v) is 13.8. The van der Waals surface area contributed by atoms with Crippen LogP contribution in [0.1, 0.15) is 44.5 Å². The Labute approximate surface area is 238 Å². The third-order valence-electron chi connectivity index (χ3n) is 7.48. The molecule has 0 atom stereocenters. The summed E-state index contributed by atoms with van der Waals surface area (Å²) in [5.74, 6) is 1.82. The van der Waals surface area contributed by atoms with Gasteiger partial charge < -0.3 is 9.47 Å². The molecule has 4 nitrogen and oxygen atoms in total. The number of benzene rings is 4. The summed E-state index contributed by atoms with van der Waals surface area (Å²) < 4.78 is 11.4.